The third-order valence-corrected chi connectivity index (χ3v) is 4.12. The van der Waals surface area contributed by atoms with Gasteiger partial charge in [-0.15, -0.1) is 0 Å². The number of hydrogen-bond donors (Lipinski definition) is 2. The summed E-state index contributed by atoms with van der Waals surface area (Å²) < 4.78 is 0. The molecule has 110 valence electrons. The summed E-state index contributed by atoms with van der Waals surface area (Å²) in [5.74, 6) is 1.11. The highest BCUT2D eigenvalue weighted by Gasteiger charge is 2.18. The van der Waals surface area contributed by atoms with Crippen molar-refractivity contribution in [3.05, 3.63) is 29.3 Å². The SMILES string of the molecule is Cc1cccc(C(C)C)c1NC(=O)CC1CCNCC1. The smallest absolute Gasteiger partial charge is 0.224 e. The molecule has 0 saturated carbocycles. The molecule has 1 saturated heterocycles. The molecule has 1 aromatic carbocycles. The lowest BCUT2D eigenvalue weighted by atomic mass is 9.93. The zero-order chi connectivity index (χ0) is 14.5. The van der Waals surface area contributed by atoms with Crippen molar-refractivity contribution in [1.29, 1.82) is 0 Å². The van der Waals surface area contributed by atoms with Crippen LogP contribution >= 0.6 is 0 Å². The van der Waals surface area contributed by atoms with Gasteiger partial charge in [-0.3, -0.25) is 4.79 Å². The lowest BCUT2D eigenvalue weighted by Crippen LogP contribution is -2.30. The Morgan fingerprint density at radius 1 is 1.35 bits per heavy atom. The van der Waals surface area contributed by atoms with Gasteiger partial charge in [0.25, 0.3) is 0 Å². The van der Waals surface area contributed by atoms with Gasteiger partial charge < -0.3 is 10.6 Å². The molecule has 1 amide bonds. The van der Waals surface area contributed by atoms with Crippen molar-refractivity contribution in [2.45, 2.75) is 46.0 Å². The summed E-state index contributed by atoms with van der Waals surface area (Å²) in [6.07, 6.45) is 2.87. The van der Waals surface area contributed by atoms with Crippen LogP contribution in [0.3, 0.4) is 0 Å². The van der Waals surface area contributed by atoms with Gasteiger partial charge in [0, 0.05) is 12.1 Å². The Hall–Kier alpha value is -1.35. The van der Waals surface area contributed by atoms with Crippen LogP contribution in [-0.4, -0.2) is 19.0 Å². The van der Waals surface area contributed by atoms with Crippen molar-refractivity contribution in [3.8, 4) is 0 Å². The minimum atomic E-state index is 0.160. The van der Waals surface area contributed by atoms with Crippen molar-refractivity contribution in [1.82, 2.24) is 5.32 Å². The van der Waals surface area contributed by atoms with E-state index < -0.39 is 0 Å². The number of nitrogens with one attached hydrogen (secondary N) is 2. The number of amides is 1. The molecular formula is C17H26N2O. The average molecular weight is 274 g/mol. The van der Waals surface area contributed by atoms with E-state index in [1.54, 1.807) is 0 Å². The van der Waals surface area contributed by atoms with E-state index in [4.69, 9.17) is 0 Å². The first kappa shape index (κ1) is 15.0. The average Bonchev–Trinajstić information content (AvgIpc) is 2.42. The summed E-state index contributed by atoms with van der Waals surface area (Å²) in [5.41, 5.74) is 3.39. The number of benzene rings is 1. The largest absolute Gasteiger partial charge is 0.326 e. The van der Waals surface area contributed by atoms with Crippen molar-refractivity contribution in [2.75, 3.05) is 18.4 Å². The lowest BCUT2D eigenvalue weighted by molar-refractivity contribution is -0.117. The van der Waals surface area contributed by atoms with Gasteiger partial charge in [0.1, 0.15) is 0 Å². The van der Waals surface area contributed by atoms with Gasteiger partial charge in [0.05, 0.1) is 0 Å². The number of hydrogen-bond acceptors (Lipinski definition) is 2. The number of anilines is 1. The van der Waals surface area contributed by atoms with Gasteiger partial charge in [-0.1, -0.05) is 32.0 Å². The molecule has 0 aromatic heterocycles. The molecule has 0 bridgehead atoms. The van der Waals surface area contributed by atoms with Crippen molar-refractivity contribution in [3.63, 3.8) is 0 Å². The monoisotopic (exact) mass is 274 g/mol. The molecule has 20 heavy (non-hydrogen) atoms. The molecule has 1 aromatic rings. The van der Waals surface area contributed by atoms with Crippen LogP contribution in [0.1, 0.15) is 50.2 Å². The zero-order valence-electron chi connectivity index (χ0n) is 12.8. The first-order chi connectivity index (χ1) is 9.58. The normalized spacial score (nSPS) is 16.4. The number of rotatable bonds is 4. The highest BCUT2D eigenvalue weighted by atomic mass is 16.1. The number of piperidine rings is 1. The topological polar surface area (TPSA) is 41.1 Å². The van der Waals surface area contributed by atoms with Crippen LogP contribution in [0.2, 0.25) is 0 Å². The summed E-state index contributed by atoms with van der Waals surface area (Å²) >= 11 is 0. The molecule has 0 unspecified atom stereocenters. The molecule has 1 heterocycles. The van der Waals surface area contributed by atoms with E-state index >= 15 is 0 Å². The quantitative estimate of drug-likeness (QED) is 0.883. The van der Waals surface area contributed by atoms with Crippen LogP contribution in [0, 0.1) is 12.8 Å². The fraction of sp³-hybridized carbons (Fsp3) is 0.588. The summed E-state index contributed by atoms with van der Waals surface area (Å²) in [5, 5.41) is 6.49. The summed E-state index contributed by atoms with van der Waals surface area (Å²) in [6, 6.07) is 6.23. The summed E-state index contributed by atoms with van der Waals surface area (Å²) in [4.78, 5) is 12.3. The van der Waals surface area contributed by atoms with Crippen LogP contribution in [0.4, 0.5) is 5.69 Å². The van der Waals surface area contributed by atoms with Crippen LogP contribution in [-0.2, 0) is 4.79 Å². The van der Waals surface area contributed by atoms with Gasteiger partial charge in [-0.25, -0.2) is 0 Å². The molecule has 1 aliphatic rings. The van der Waals surface area contributed by atoms with E-state index in [2.05, 4.69) is 49.6 Å². The minimum absolute atomic E-state index is 0.160. The highest BCUT2D eigenvalue weighted by molar-refractivity contribution is 5.92. The molecule has 0 atom stereocenters. The van der Waals surface area contributed by atoms with E-state index in [0.29, 0.717) is 18.3 Å². The van der Waals surface area contributed by atoms with E-state index in [1.807, 2.05) is 0 Å². The Kier molecular flexibility index (Phi) is 5.18. The van der Waals surface area contributed by atoms with E-state index in [0.717, 1.165) is 37.2 Å². The maximum Gasteiger partial charge on any atom is 0.224 e. The predicted octanol–water partition coefficient (Wildman–Crippen LogP) is 3.45. The maximum atomic E-state index is 12.3. The molecule has 3 nitrogen and oxygen atoms in total. The standard InChI is InChI=1S/C17H26N2O/c1-12(2)15-6-4-5-13(3)17(15)19-16(20)11-14-7-9-18-10-8-14/h4-6,12,14,18H,7-11H2,1-3H3,(H,19,20). The number of carbonyl (C=O) groups is 1. The molecule has 2 N–H and O–H groups in total. The first-order valence-electron chi connectivity index (χ1n) is 7.68. The first-order valence-corrected chi connectivity index (χ1v) is 7.68. The van der Waals surface area contributed by atoms with Crippen LogP contribution in [0.15, 0.2) is 18.2 Å². The van der Waals surface area contributed by atoms with Gasteiger partial charge in [-0.05, 0) is 55.8 Å². The van der Waals surface area contributed by atoms with Crippen LogP contribution < -0.4 is 10.6 Å². The summed E-state index contributed by atoms with van der Waals surface area (Å²) in [6.45, 7) is 8.47. The van der Waals surface area contributed by atoms with Crippen LogP contribution in [0.25, 0.3) is 0 Å². The lowest BCUT2D eigenvalue weighted by Gasteiger charge is -2.23. The third-order valence-electron chi connectivity index (χ3n) is 4.12. The van der Waals surface area contributed by atoms with E-state index in [9.17, 15) is 4.79 Å². The molecule has 0 radical (unpaired) electrons. The molecule has 2 rings (SSSR count). The Morgan fingerprint density at radius 2 is 2.05 bits per heavy atom. The second kappa shape index (κ2) is 6.89. The van der Waals surface area contributed by atoms with Gasteiger partial charge in [0.2, 0.25) is 5.91 Å². The zero-order valence-corrected chi connectivity index (χ0v) is 12.8. The van der Waals surface area contributed by atoms with Crippen molar-refractivity contribution >= 4 is 11.6 Å². The fourth-order valence-corrected chi connectivity index (χ4v) is 2.88. The Bertz CT molecular complexity index is 462. The van der Waals surface area contributed by atoms with Gasteiger partial charge in [0.15, 0.2) is 0 Å². The predicted molar refractivity (Wildman–Crippen MR) is 84.1 cm³/mol. The van der Waals surface area contributed by atoms with E-state index in [-0.39, 0.29) is 5.91 Å². The molecule has 3 heteroatoms. The minimum Gasteiger partial charge on any atom is -0.326 e. The Morgan fingerprint density at radius 3 is 2.70 bits per heavy atom. The Labute approximate surface area is 122 Å². The molecule has 0 aliphatic carbocycles. The second-order valence-corrected chi connectivity index (χ2v) is 6.14. The Balaban J connectivity index is 2.03. The van der Waals surface area contributed by atoms with Gasteiger partial charge >= 0.3 is 0 Å². The fourth-order valence-electron chi connectivity index (χ4n) is 2.88. The van der Waals surface area contributed by atoms with Crippen molar-refractivity contribution < 1.29 is 4.79 Å². The maximum absolute atomic E-state index is 12.3. The number of para-hydroxylation sites is 1. The van der Waals surface area contributed by atoms with Gasteiger partial charge in [-0.2, -0.15) is 0 Å². The molecule has 1 fully saturated rings. The van der Waals surface area contributed by atoms with E-state index in [1.165, 1.54) is 5.56 Å². The molecular weight excluding hydrogens is 248 g/mol. The van der Waals surface area contributed by atoms with Crippen molar-refractivity contribution in [2.24, 2.45) is 5.92 Å². The molecule has 1 aliphatic heterocycles. The molecule has 0 spiro atoms. The number of aryl methyl sites for hydroxylation is 1. The summed E-state index contributed by atoms with van der Waals surface area (Å²) in [7, 11) is 0. The number of carbonyl (C=O) groups excluding carboxylic acids is 1. The highest BCUT2D eigenvalue weighted by Crippen LogP contribution is 2.28. The van der Waals surface area contributed by atoms with Crippen LogP contribution in [0.5, 0.6) is 0 Å². The third kappa shape index (κ3) is 3.83. The second-order valence-electron chi connectivity index (χ2n) is 6.14.